The first-order valence-corrected chi connectivity index (χ1v) is 8.49. The summed E-state index contributed by atoms with van der Waals surface area (Å²) >= 11 is 1.79. The van der Waals surface area contributed by atoms with E-state index in [0.717, 1.165) is 24.6 Å². The molecule has 1 saturated carbocycles. The molecule has 0 radical (unpaired) electrons. The van der Waals surface area contributed by atoms with E-state index in [0.29, 0.717) is 11.5 Å². The van der Waals surface area contributed by atoms with Crippen LogP contribution >= 0.6 is 11.3 Å². The van der Waals surface area contributed by atoms with Crippen molar-refractivity contribution in [2.75, 3.05) is 6.54 Å². The number of aromatic nitrogens is 1. The third-order valence-corrected chi connectivity index (χ3v) is 5.32. The lowest BCUT2D eigenvalue weighted by molar-refractivity contribution is 0.131. The summed E-state index contributed by atoms with van der Waals surface area (Å²) in [4.78, 5) is 4.54. The number of hydrogen-bond donors (Lipinski definition) is 1. The minimum absolute atomic E-state index is 0.426. The van der Waals surface area contributed by atoms with Crippen molar-refractivity contribution >= 4 is 11.3 Å². The molecule has 108 valence electrons. The second kappa shape index (κ2) is 6.36. The number of nitrogens with zero attached hydrogens (tertiary/aromatic N) is 1. The molecule has 0 aromatic carbocycles. The first-order valence-electron chi connectivity index (χ1n) is 7.61. The summed E-state index contributed by atoms with van der Waals surface area (Å²) in [7, 11) is 0. The predicted octanol–water partition coefficient (Wildman–Crippen LogP) is 4.19. The molecule has 0 spiro atoms. The lowest BCUT2D eigenvalue weighted by Gasteiger charge is -2.41. The molecule has 0 aliphatic heterocycles. The summed E-state index contributed by atoms with van der Waals surface area (Å²) in [6.45, 7) is 10.3. The van der Waals surface area contributed by atoms with E-state index in [1.165, 1.54) is 30.7 Å². The smallest absolute Gasteiger partial charge is 0.0940 e. The highest BCUT2D eigenvalue weighted by Crippen LogP contribution is 2.37. The van der Waals surface area contributed by atoms with Gasteiger partial charge in [-0.1, -0.05) is 33.6 Å². The van der Waals surface area contributed by atoms with E-state index < -0.39 is 0 Å². The van der Waals surface area contributed by atoms with Crippen molar-refractivity contribution in [1.29, 1.82) is 0 Å². The Balaban J connectivity index is 1.83. The van der Waals surface area contributed by atoms with Crippen molar-refractivity contribution < 1.29 is 0 Å². The van der Waals surface area contributed by atoms with Crippen LogP contribution in [0.2, 0.25) is 0 Å². The number of aryl methyl sites for hydroxylation is 1. The van der Waals surface area contributed by atoms with Gasteiger partial charge in [-0.15, -0.1) is 11.3 Å². The molecule has 2 nitrogen and oxygen atoms in total. The van der Waals surface area contributed by atoms with Crippen molar-refractivity contribution in [3.8, 4) is 0 Å². The Morgan fingerprint density at radius 2 is 2.05 bits per heavy atom. The SMILES string of the molecule is Cc1csc(CCNC2CCCCC2C(C)(C)C)n1. The molecule has 19 heavy (non-hydrogen) atoms. The van der Waals surface area contributed by atoms with E-state index in [1.807, 2.05) is 0 Å². The summed E-state index contributed by atoms with van der Waals surface area (Å²) < 4.78 is 0. The van der Waals surface area contributed by atoms with Crippen LogP contribution < -0.4 is 5.32 Å². The fourth-order valence-electron chi connectivity index (χ4n) is 3.29. The standard InChI is InChI=1S/C16H28N2S/c1-12-11-19-15(18-12)9-10-17-14-8-6-5-7-13(14)16(2,3)4/h11,13-14,17H,5-10H2,1-4H3. The maximum absolute atomic E-state index is 4.54. The Hall–Kier alpha value is -0.410. The normalized spacial score (nSPS) is 24.6. The van der Waals surface area contributed by atoms with Gasteiger partial charge in [0.15, 0.2) is 0 Å². The molecule has 1 aliphatic rings. The Labute approximate surface area is 122 Å². The van der Waals surface area contributed by atoms with Crippen LogP contribution in [0.5, 0.6) is 0 Å². The third kappa shape index (κ3) is 4.28. The van der Waals surface area contributed by atoms with E-state index in [2.05, 4.69) is 43.4 Å². The molecule has 1 N–H and O–H groups in total. The maximum Gasteiger partial charge on any atom is 0.0940 e. The zero-order valence-electron chi connectivity index (χ0n) is 12.8. The van der Waals surface area contributed by atoms with Gasteiger partial charge in [-0.3, -0.25) is 0 Å². The Morgan fingerprint density at radius 1 is 1.32 bits per heavy atom. The molecule has 1 aliphatic carbocycles. The fraction of sp³-hybridized carbons (Fsp3) is 0.812. The van der Waals surface area contributed by atoms with Crippen LogP contribution in [0.4, 0.5) is 0 Å². The molecule has 2 unspecified atom stereocenters. The van der Waals surface area contributed by atoms with Crippen LogP contribution in [0.1, 0.15) is 57.2 Å². The van der Waals surface area contributed by atoms with Gasteiger partial charge in [0.25, 0.3) is 0 Å². The van der Waals surface area contributed by atoms with Gasteiger partial charge in [-0.2, -0.15) is 0 Å². The Bertz CT molecular complexity index is 392. The minimum atomic E-state index is 0.426. The van der Waals surface area contributed by atoms with Gasteiger partial charge in [0.2, 0.25) is 0 Å². The number of thiazole rings is 1. The van der Waals surface area contributed by atoms with Crippen LogP contribution in [-0.2, 0) is 6.42 Å². The molecule has 1 heterocycles. The van der Waals surface area contributed by atoms with Gasteiger partial charge >= 0.3 is 0 Å². The lowest BCUT2D eigenvalue weighted by Crippen LogP contribution is -2.44. The first kappa shape index (κ1) is 15.0. The van der Waals surface area contributed by atoms with E-state index in [-0.39, 0.29) is 0 Å². The molecular formula is C16H28N2S. The highest BCUT2D eigenvalue weighted by Gasteiger charge is 2.33. The van der Waals surface area contributed by atoms with Crippen LogP contribution in [0.25, 0.3) is 0 Å². The number of hydrogen-bond acceptors (Lipinski definition) is 3. The van der Waals surface area contributed by atoms with Gasteiger partial charge in [-0.25, -0.2) is 4.98 Å². The van der Waals surface area contributed by atoms with Crippen molar-refractivity contribution in [2.45, 2.75) is 65.8 Å². The Kier molecular flexibility index (Phi) is 5.02. The highest BCUT2D eigenvalue weighted by molar-refractivity contribution is 7.09. The second-order valence-corrected chi connectivity index (χ2v) is 7.89. The van der Waals surface area contributed by atoms with Crippen LogP contribution in [0.3, 0.4) is 0 Å². The van der Waals surface area contributed by atoms with Crippen molar-refractivity contribution in [2.24, 2.45) is 11.3 Å². The molecule has 1 fully saturated rings. The van der Waals surface area contributed by atoms with E-state index >= 15 is 0 Å². The summed E-state index contributed by atoms with van der Waals surface area (Å²) in [6, 6.07) is 0.704. The summed E-state index contributed by atoms with van der Waals surface area (Å²) in [5.41, 5.74) is 1.58. The van der Waals surface area contributed by atoms with Gasteiger partial charge < -0.3 is 5.32 Å². The largest absolute Gasteiger partial charge is 0.313 e. The van der Waals surface area contributed by atoms with Gasteiger partial charge in [0.1, 0.15) is 0 Å². The van der Waals surface area contributed by atoms with Gasteiger partial charge in [-0.05, 0) is 31.1 Å². The highest BCUT2D eigenvalue weighted by atomic mass is 32.1. The van der Waals surface area contributed by atoms with E-state index in [4.69, 9.17) is 0 Å². The van der Waals surface area contributed by atoms with Gasteiger partial charge in [0, 0.05) is 30.1 Å². The van der Waals surface area contributed by atoms with E-state index in [1.54, 1.807) is 11.3 Å². The lowest BCUT2D eigenvalue weighted by atomic mass is 9.69. The number of rotatable bonds is 4. The quantitative estimate of drug-likeness (QED) is 0.894. The van der Waals surface area contributed by atoms with Crippen LogP contribution in [0.15, 0.2) is 5.38 Å². The zero-order chi connectivity index (χ0) is 13.9. The monoisotopic (exact) mass is 280 g/mol. The molecule has 1 aromatic rings. The molecule has 1 aromatic heterocycles. The molecule has 2 atom stereocenters. The fourth-order valence-corrected chi connectivity index (χ4v) is 4.07. The number of nitrogens with one attached hydrogen (secondary N) is 1. The molecule has 0 amide bonds. The van der Waals surface area contributed by atoms with Crippen molar-refractivity contribution in [1.82, 2.24) is 10.3 Å². The van der Waals surface area contributed by atoms with Crippen molar-refractivity contribution in [3.63, 3.8) is 0 Å². The summed E-state index contributed by atoms with van der Waals surface area (Å²) in [6.07, 6.45) is 6.61. The maximum atomic E-state index is 4.54. The van der Waals surface area contributed by atoms with E-state index in [9.17, 15) is 0 Å². The minimum Gasteiger partial charge on any atom is -0.313 e. The van der Waals surface area contributed by atoms with Crippen LogP contribution in [-0.4, -0.2) is 17.6 Å². The van der Waals surface area contributed by atoms with Crippen LogP contribution in [0, 0.1) is 18.3 Å². The average molecular weight is 280 g/mol. The summed E-state index contributed by atoms with van der Waals surface area (Å²) in [5.74, 6) is 0.819. The topological polar surface area (TPSA) is 24.9 Å². The molecule has 3 heteroatoms. The predicted molar refractivity (Wildman–Crippen MR) is 83.8 cm³/mol. The second-order valence-electron chi connectivity index (χ2n) is 6.95. The van der Waals surface area contributed by atoms with Crippen molar-refractivity contribution in [3.05, 3.63) is 16.1 Å². The molecule has 2 rings (SSSR count). The zero-order valence-corrected chi connectivity index (χ0v) is 13.6. The molecule has 0 bridgehead atoms. The van der Waals surface area contributed by atoms with Gasteiger partial charge in [0.05, 0.1) is 5.01 Å². The molecule has 0 saturated heterocycles. The first-order chi connectivity index (χ1) is 8.97. The summed E-state index contributed by atoms with van der Waals surface area (Å²) in [5, 5.41) is 7.22. The third-order valence-electron chi connectivity index (χ3n) is 4.29. The molecular weight excluding hydrogens is 252 g/mol. The Morgan fingerprint density at radius 3 is 2.68 bits per heavy atom. The average Bonchev–Trinajstić information content (AvgIpc) is 2.74.